The van der Waals surface area contributed by atoms with Crippen LogP contribution in [0.15, 0.2) is 53.0 Å². The second kappa shape index (κ2) is 10.4. The zero-order valence-electron chi connectivity index (χ0n) is 15.1. The summed E-state index contributed by atoms with van der Waals surface area (Å²) in [5.41, 5.74) is 6.51. The molecule has 142 valence electrons. The molecule has 0 aliphatic heterocycles. The zero-order chi connectivity index (χ0) is 19.6. The predicted octanol–water partition coefficient (Wildman–Crippen LogP) is 3.26. The monoisotopic (exact) mass is 432 g/mol. The van der Waals surface area contributed by atoms with Gasteiger partial charge in [-0.25, -0.2) is 0 Å². The number of amides is 2. The minimum atomic E-state index is -0.472. The molecule has 0 bridgehead atoms. The van der Waals surface area contributed by atoms with Crippen molar-refractivity contribution in [2.24, 2.45) is 0 Å². The fraction of sp³-hybridized carbons (Fsp3) is 0.200. The Morgan fingerprint density at radius 1 is 1.11 bits per heavy atom. The molecular formula is C20H21BrN2O4. The van der Waals surface area contributed by atoms with Crippen LogP contribution in [0.25, 0.3) is 6.08 Å². The minimum Gasteiger partial charge on any atom is -0.496 e. The number of hydrazine groups is 1. The Morgan fingerprint density at radius 2 is 1.89 bits per heavy atom. The molecule has 0 aromatic heterocycles. The maximum absolute atomic E-state index is 11.8. The number of ether oxygens (including phenoxy) is 2. The molecule has 2 rings (SSSR count). The van der Waals surface area contributed by atoms with E-state index in [1.807, 2.05) is 30.3 Å². The van der Waals surface area contributed by atoms with Crippen molar-refractivity contribution in [1.82, 2.24) is 10.9 Å². The summed E-state index contributed by atoms with van der Waals surface area (Å²) in [5.74, 6) is 0.270. The van der Waals surface area contributed by atoms with Crippen molar-refractivity contribution in [2.75, 3.05) is 13.7 Å². The molecule has 2 N–H and O–H groups in total. The van der Waals surface area contributed by atoms with Crippen LogP contribution >= 0.6 is 15.9 Å². The fourth-order valence-electron chi connectivity index (χ4n) is 2.20. The zero-order valence-corrected chi connectivity index (χ0v) is 16.7. The molecule has 0 unspecified atom stereocenters. The first-order chi connectivity index (χ1) is 13.0. The molecule has 0 saturated heterocycles. The molecule has 0 heterocycles. The normalized spacial score (nSPS) is 10.5. The van der Waals surface area contributed by atoms with E-state index in [4.69, 9.17) is 9.47 Å². The Labute approximate surface area is 166 Å². The topological polar surface area (TPSA) is 76.7 Å². The average Bonchev–Trinajstić information content (AvgIpc) is 2.69. The lowest BCUT2D eigenvalue weighted by Crippen LogP contribution is -2.43. The van der Waals surface area contributed by atoms with Gasteiger partial charge >= 0.3 is 0 Å². The molecule has 0 aliphatic carbocycles. The summed E-state index contributed by atoms with van der Waals surface area (Å²) in [4.78, 5) is 23.6. The molecule has 7 heteroatoms. The smallest absolute Gasteiger partial charge is 0.276 e. The Morgan fingerprint density at radius 3 is 2.59 bits per heavy atom. The molecule has 0 atom stereocenters. The molecule has 0 fully saturated rings. The van der Waals surface area contributed by atoms with E-state index in [1.165, 1.54) is 6.08 Å². The van der Waals surface area contributed by atoms with Crippen molar-refractivity contribution in [3.05, 3.63) is 64.1 Å². The maximum Gasteiger partial charge on any atom is 0.276 e. The molecule has 0 radical (unpaired) electrons. The summed E-state index contributed by atoms with van der Waals surface area (Å²) in [7, 11) is 1.56. The van der Waals surface area contributed by atoms with Crippen molar-refractivity contribution in [1.29, 1.82) is 0 Å². The van der Waals surface area contributed by atoms with Gasteiger partial charge in [-0.15, -0.1) is 0 Å². The highest BCUT2D eigenvalue weighted by atomic mass is 79.9. The van der Waals surface area contributed by atoms with Gasteiger partial charge in [-0.05, 0) is 52.2 Å². The highest BCUT2D eigenvalue weighted by molar-refractivity contribution is 9.10. The summed E-state index contributed by atoms with van der Waals surface area (Å²) in [5, 5.41) is 0. The summed E-state index contributed by atoms with van der Waals surface area (Å²) >= 11 is 3.41. The number of methoxy groups -OCH3 is 1. The van der Waals surface area contributed by atoms with Gasteiger partial charge in [0.15, 0.2) is 6.61 Å². The number of hydrogen-bond acceptors (Lipinski definition) is 4. The summed E-state index contributed by atoms with van der Waals surface area (Å²) in [6.45, 7) is 1.83. The maximum atomic E-state index is 11.8. The number of nitrogens with one attached hydrogen (secondary N) is 2. The highest BCUT2D eigenvalue weighted by Gasteiger charge is 2.07. The van der Waals surface area contributed by atoms with Crippen LogP contribution < -0.4 is 20.3 Å². The Bertz CT molecular complexity index is 836. The van der Waals surface area contributed by atoms with Crippen molar-refractivity contribution >= 4 is 33.8 Å². The lowest BCUT2D eigenvalue weighted by atomic mass is 10.2. The Balaban J connectivity index is 1.79. The van der Waals surface area contributed by atoms with Crippen molar-refractivity contribution in [3.8, 4) is 11.5 Å². The van der Waals surface area contributed by atoms with E-state index in [9.17, 15) is 9.59 Å². The summed E-state index contributed by atoms with van der Waals surface area (Å²) in [6.07, 6.45) is 3.82. The molecule has 0 aliphatic rings. The van der Waals surface area contributed by atoms with E-state index in [0.717, 1.165) is 22.0 Å². The summed E-state index contributed by atoms with van der Waals surface area (Å²) in [6, 6.07) is 13.0. The molecule has 0 spiro atoms. The van der Waals surface area contributed by atoms with E-state index < -0.39 is 11.8 Å². The number of carbonyl (C=O) groups excluding carboxylic acids is 2. The lowest BCUT2D eigenvalue weighted by molar-refractivity contribution is -0.128. The second-order valence-electron chi connectivity index (χ2n) is 5.52. The van der Waals surface area contributed by atoms with E-state index >= 15 is 0 Å². The van der Waals surface area contributed by atoms with E-state index in [0.29, 0.717) is 11.5 Å². The van der Waals surface area contributed by atoms with Gasteiger partial charge in [-0.3, -0.25) is 20.4 Å². The molecule has 2 amide bonds. The van der Waals surface area contributed by atoms with E-state index in [2.05, 4.69) is 33.7 Å². The number of benzene rings is 2. The van der Waals surface area contributed by atoms with Crippen molar-refractivity contribution < 1.29 is 19.1 Å². The standard InChI is InChI=1S/C20H21BrN2O4/c1-3-14-8-10-18(16(21)12-14)27-13-20(25)23-22-19(24)11-9-15-6-4-5-7-17(15)26-2/h4-12H,3,13H2,1-2H3,(H,22,24)(H,23,25)/b11-9+. The number of para-hydroxylation sites is 1. The molecular weight excluding hydrogens is 412 g/mol. The Hall–Kier alpha value is -2.80. The minimum absolute atomic E-state index is 0.222. The van der Waals surface area contributed by atoms with Crippen LogP contribution in [0, 0.1) is 0 Å². The van der Waals surface area contributed by atoms with Gasteiger partial charge in [0.25, 0.3) is 11.8 Å². The van der Waals surface area contributed by atoms with Crippen molar-refractivity contribution in [3.63, 3.8) is 0 Å². The highest BCUT2D eigenvalue weighted by Crippen LogP contribution is 2.26. The third kappa shape index (κ3) is 6.45. The van der Waals surface area contributed by atoms with Crippen LogP contribution in [-0.4, -0.2) is 25.5 Å². The first kappa shape index (κ1) is 20.5. The fourth-order valence-corrected chi connectivity index (χ4v) is 2.74. The number of halogens is 1. The third-order valence-corrected chi connectivity index (χ3v) is 4.26. The number of rotatable bonds is 7. The van der Waals surface area contributed by atoms with E-state index in [1.54, 1.807) is 25.3 Å². The first-order valence-corrected chi connectivity index (χ1v) is 9.14. The van der Waals surface area contributed by atoms with Crippen LogP contribution in [-0.2, 0) is 16.0 Å². The molecule has 2 aromatic rings. The first-order valence-electron chi connectivity index (χ1n) is 8.34. The summed E-state index contributed by atoms with van der Waals surface area (Å²) < 4.78 is 11.4. The van der Waals surface area contributed by atoms with Crippen LogP contribution in [0.5, 0.6) is 11.5 Å². The average molecular weight is 433 g/mol. The largest absolute Gasteiger partial charge is 0.496 e. The SMILES string of the molecule is CCc1ccc(OCC(=O)NNC(=O)/C=C/c2ccccc2OC)c(Br)c1. The van der Waals surface area contributed by atoms with Gasteiger partial charge in [0.2, 0.25) is 0 Å². The van der Waals surface area contributed by atoms with Gasteiger partial charge in [-0.2, -0.15) is 0 Å². The number of carbonyl (C=O) groups is 2. The molecule has 6 nitrogen and oxygen atoms in total. The van der Waals surface area contributed by atoms with E-state index in [-0.39, 0.29) is 6.61 Å². The lowest BCUT2D eigenvalue weighted by Gasteiger charge is -2.10. The molecule has 27 heavy (non-hydrogen) atoms. The van der Waals surface area contributed by atoms with Crippen LogP contribution in [0.3, 0.4) is 0 Å². The second-order valence-corrected chi connectivity index (χ2v) is 6.37. The quantitative estimate of drug-likeness (QED) is 0.519. The van der Waals surface area contributed by atoms with Crippen LogP contribution in [0.2, 0.25) is 0 Å². The van der Waals surface area contributed by atoms with Gasteiger partial charge in [0.1, 0.15) is 11.5 Å². The molecule has 2 aromatic carbocycles. The predicted molar refractivity (Wildman–Crippen MR) is 107 cm³/mol. The Kier molecular flexibility index (Phi) is 7.88. The van der Waals surface area contributed by atoms with Gasteiger partial charge in [0.05, 0.1) is 11.6 Å². The van der Waals surface area contributed by atoms with Crippen LogP contribution in [0.1, 0.15) is 18.1 Å². The third-order valence-electron chi connectivity index (χ3n) is 3.64. The van der Waals surface area contributed by atoms with Gasteiger partial charge in [0, 0.05) is 11.6 Å². The van der Waals surface area contributed by atoms with Gasteiger partial charge in [-0.1, -0.05) is 31.2 Å². The van der Waals surface area contributed by atoms with Gasteiger partial charge < -0.3 is 9.47 Å². The van der Waals surface area contributed by atoms with Crippen LogP contribution in [0.4, 0.5) is 0 Å². The number of aryl methyl sites for hydroxylation is 1. The molecule has 0 saturated carbocycles. The van der Waals surface area contributed by atoms with Crippen molar-refractivity contribution in [2.45, 2.75) is 13.3 Å². The number of hydrogen-bond donors (Lipinski definition) is 2.